The molecule has 0 radical (unpaired) electrons. The third-order valence-electron chi connectivity index (χ3n) is 3.74. The molecule has 4 rings (SSSR count). The Morgan fingerprint density at radius 2 is 1.84 bits per heavy atom. The molecule has 0 saturated heterocycles. The molecule has 1 aromatic rings. The first-order chi connectivity index (χ1) is 8.87. The maximum atomic E-state index is 12.3. The monoisotopic (exact) mass is 272 g/mol. The summed E-state index contributed by atoms with van der Waals surface area (Å²) in [6.07, 6.45) is -1.49. The number of amides is 1. The fourth-order valence-corrected chi connectivity index (χ4v) is 3.02. The molecule has 1 heterocycles. The molecule has 8 heteroatoms. The van der Waals surface area contributed by atoms with Crippen LogP contribution in [0.4, 0.5) is 19.0 Å². The molecule has 2 bridgehead atoms. The molecule has 3 saturated carbocycles. The Kier molecular flexibility index (Phi) is 2.30. The Bertz CT molecular complexity index is 494. The molecule has 1 amide bonds. The standard InChI is InChI=1S/C11H11F3N4O/c12-11(13,14)7-1-2-8(18-17-7)16-10-3-9(4-10,5-10)15-6-19/h1-2,6H,3-5H2,(H,15,19)(H,16,18). The number of nitrogens with one attached hydrogen (secondary N) is 2. The topological polar surface area (TPSA) is 66.9 Å². The van der Waals surface area contributed by atoms with Crippen LogP contribution < -0.4 is 10.6 Å². The van der Waals surface area contributed by atoms with Gasteiger partial charge < -0.3 is 10.6 Å². The first-order valence-corrected chi connectivity index (χ1v) is 5.77. The van der Waals surface area contributed by atoms with E-state index in [1.807, 2.05) is 0 Å². The minimum atomic E-state index is -4.47. The van der Waals surface area contributed by atoms with E-state index in [4.69, 9.17) is 0 Å². The summed E-state index contributed by atoms with van der Waals surface area (Å²) in [5.41, 5.74) is -1.27. The number of halogens is 3. The SMILES string of the molecule is O=CNC12CC(Nc3ccc(C(F)(F)F)nn3)(C1)C2. The predicted molar refractivity (Wildman–Crippen MR) is 59.2 cm³/mol. The lowest BCUT2D eigenvalue weighted by Gasteiger charge is -2.70. The van der Waals surface area contributed by atoms with E-state index in [1.165, 1.54) is 6.07 Å². The molecular formula is C11H11F3N4O. The van der Waals surface area contributed by atoms with Gasteiger partial charge in [0, 0.05) is 11.1 Å². The fraction of sp³-hybridized carbons (Fsp3) is 0.545. The van der Waals surface area contributed by atoms with Crippen LogP contribution >= 0.6 is 0 Å². The van der Waals surface area contributed by atoms with Gasteiger partial charge in [-0.25, -0.2) is 0 Å². The highest BCUT2D eigenvalue weighted by Gasteiger charge is 2.68. The quantitative estimate of drug-likeness (QED) is 0.811. The molecule has 0 aromatic carbocycles. The fourth-order valence-electron chi connectivity index (χ4n) is 3.02. The molecule has 3 fully saturated rings. The van der Waals surface area contributed by atoms with E-state index in [9.17, 15) is 18.0 Å². The number of hydrogen-bond acceptors (Lipinski definition) is 4. The first kappa shape index (κ1) is 12.2. The van der Waals surface area contributed by atoms with Crippen LogP contribution in [-0.2, 0) is 11.0 Å². The van der Waals surface area contributed by atoms with Crippen molar-refractivity contribution in [3.05, 3.63) is 17.8 Å². The number of carbonyl (C=O) groups is 1. The van der Waals surface area contributed by atoms with E-state index >= 15 is 0 Å². The summed E-state index contributed by atoms with van der Waals surface area (Å²) in [4.78, 5) is 10.4. The van der Waals surface area contributed by atoms with Crippen LogP contribution in [0.2, 0.25) is 0 Å². The lowest BCUT2D eigenvalue weighted by molar-refractivity contribution is -0.141. The average molecular weight is 272 g/mol. The van der Waals surface area contributed by atoms with Gasteiger partial charge >= 0.3 is 6.18 Å². The predicted octanol–water partition coefficient (Wildman–Crippen LogP) is 1.33. The normalized spacial score (nSPS) is 31.9. The second-order valence-corrected chi connectivity index (χ2v) is 5.28. The van der Waals surface area contributed by atoms with Crippen molar-refractivity contribution in [1.82, 2.24) is 15.5 Å². The van der Waals surface area contributed by atoms with Crippen LogP contribution in [-0.4, -0.2) is 27.7 Å². The van der Waals surface area contributed by atoms with E-state index in [2.05, 4.69) is 20.8 Å². The number of anilines is 1. The smallest absolute Gasteiger partial charge is 0.363 e. The van der Waals surface area contributed by atoms with Crippen molar-refractivity contribution in [3.63, 3.8) is 0 Å². The summed E-state index contributed by atoms with van der Waals surface area (Å²) in [5.74, 6) is 0.326. The summed E-state index contributed by atoms with van der Waals surface area (Å²) >= 11 is 0. The molecule has 102 valence electrons. The number of aromatic nitrogens is 2. The van der Waals surface area contributed by atoms with E-state index < -0.39 is 11.9 Å². The second-order valence-electron chi connectivity index (χ2n) is 5.28. The first-order valence-electron chi connectivity index (χ1n) is 5.77. The van der Waals surface area contributed by atoms with Crippen molar-refractivity contribution >= 4 is 12.2 Å². The number of rotatable bonds is 4. The molecule has 0 spiro atoms. The molecule has 0 aliphatic heterocycles. The Hall–Kier alpha value is -1.86. The van der Waals surface area contributed by atoms with Gasteiger partial charge in [0.15, 0.2) is 5.69 Å². The van der Waals surface area contributed by atoms with E-state index in [1.54, 1.807) is 0 Å². The third-order valence-corrected chi connectivity index (χ3v) is 3.74. The molecule has 3 aliphatic rings. The van der Waals surface area contributed by atoms with Gasteiger partial charge in [-0.1, -0.05) is 0 Å². The van der Waals surface area contributed by atoms with Gasteiger partial charge in [-0.3, -0.25) is 4.79 Å². The van der Waals surface area contributed by atoms with Crippen molar-refractivity contribution in [2.45, 2.75) is 36.5 Å². The summed E-state index contributed by atoms with van der Waals surface area (Å²) in [6, 6.07) is 2.18. The van der Waals surface area contributed by atoms with E-state index in [-0.39, 0.29) is 11.1 Å². The van der Waals surface area contributed by atoms with Crippen molar-refractivity contribution < 1.29 is 18.0 Å². The number of carbonyl (C=O) groups excluding carboxylic acids is 1. The molecule has 1 aromatic heterocycles. The zero-order valence-corrected chi connectivity index (χ0v) is 9.79. The number of alkyl halides is 3. The maximum absolute atomic E-state index is 12.3. The highest BCUT2D eigenvalue weighted by atomic mass is 19.4. The minimum absolute atomic E-state index is 0.117. The van der Waals surface area contributed by atoms with Gasteiger partial charge in [0.25, 0.3) is 0 Å². The average Bonchev–Trinajstić information content (AvgIpc) is 2.24. The summed E-state index contributed by atoms with van der Waals surface area (Å²) in [7, 11) is 0. The molecule has 2 N–H and O–H groups in total. The Balaban J connectivity index is 1.62. The second kappa shape index (κ2) is 3.58. The summed E-state index contributed by atoms with van der Waals surface area (Å²) in [5, 5.41) is 12.5. The zero-order valence-electron chi connectivity index (χ0n) is 9.79. The van der Waals surface area contributed by atoms with Crippen molar-refractivity contribution in [1.29, 1.82) is 0 Å². The molecule has 0 unspecified atom stereocenters. The van der Waals surface area contributed by atoms with Gasteiger partial charge in [-0.05, 0) is 31.4 Å². The van der Waals surface area contributed by atoms with Crippen molar-refractivity contribution in [3.8, 4) is 0 Å². The summed E-state index contributed by atoms with van der Waals surface area (Å²) in [6.45, 7) is 0. The lowest BCUT2D eigenvalue weighted by atomic mass is 9.44. The van der Waals surface area contributed by atoms with Crippen LogP contribution in [0.5, 0.6) is 0 Å². The van der Waals surface area contributed by atoms with Crippen molar-refractivity contribution in [2.75, 3.05) is 5.32 Å². The Labute approximate surface area is 106 Å². The number of nitrogens with zero attached hydrogens (tertiary/aromatic N) is 2. The molecule has 5 nitrogen and oxygen atoms in total. The van der Waals surface area contributed by atoms with Gasteiger partial charge in [-0.2, -0.15) is 13.2 Å². The van der Waals surface area contributed by atoms with Gasteiger partial charge in [0.1, 0.15) is 5.82 Å². The molecular weight excluding hydrogens is 261 g/mol. The highest BCUT2D eigenvalue weighted by Crippen LogP contribution is 2.61. The lowest BCUT2D eigenvalue weighted by Crippen LogP contribution is -2.80. The third kappa shape index (κ3) is 1.91. The molecule has 3 aliphatic carbocycles. The zero-order chi connectivity index (χ0) is 13.7. The Morgan fingerprint density at radius 3 is 2.32 bits per heavy atom. The largest absolute Gasteiger partial charge is 0.435 e. The molecule has 19 heavy (non-hydrogen) atoms. The van der Waals surface area contributed by atoms with Gasteiger partial charge in [0.05, 0.1) is 0 Å². The van der Waals surface area contributed by atoms with E-state index in [0.717, 1.165) is 25.3 Å². The van der Waals surface area contributed by atoms with Crippen LogP contribution in [0.3, 0.4) is 0 Å². The number of hydrogen-bond donors (Lipinski definition) is 2. The molecule has 0 atom stereocenters. The van der Waals surface area contributed by atoms with Crippen LogP contribution in [0.1, 0.15) is 25.0 Å². The van der Waals surface area contributed by atoms with Gasteiger partial charge in [-0.15, -0.1) is 10.2 Å². The van der Waals surface area contributed by atoms with Crippen LogP contribution in [0, 0.1) is 0 Å². The maximum Gasteiger partial charge on any atom is 0.435 e. The van der Waals surface area contributed by atoms with Gasteiger partial charge in [0.2, 0.25) is 6.41 Å². The highest BCUT2D eigenvalue weighted by molar-refractivity contribution is 5.54. The summed E-state index contributed by atoms with van der Waals surface area (Å²) < 4.78 is 36.9. The van der Waals surface area contributed by atoms with Crippen LogP contribution in [0.15, 0.2) is 12.1 Å². The minimum Gasteiger partial charge on any atom is -0.363 e. The van der Waals surface area contributed by atoms with Crippen LogP contribution in [0.25, 0.3) is 0 Å². The van der Waals surface area contributed by atoms with Crippen molar-refractivity contribution in [2.24, 2.45) is 0 Å². The van der Waals surface area contributed by atoms with E-state index in [0.29, 0.717) is 12.2 Å². The Morgan fingerprint density at radius 1 is 1.16 bits per heavy atom.